The number of aromatic hydroxyl groups is 1. The van der Waals surface area contributed by atoms with Gasteiger partial charge in [-0.1, -0.05) is 35.3 Å². The highest BCUT2D eigenvalue weighted by molar-refractivity contribution is 7.92. The molecule has 0 saturated heterocycles. The normalized spacial score (nSPS) is 11.2. The highest BCUT2D eigenvalue weighted by Gasteiger charge is 2.23. The first-order chi connectivity index (χ1) is 12.8. The first-order valence-electron chi connectivity index (χ1n) is 7.61. The van der Waals surface area contributed by atoms with E-state index in [1.165, 1.54) is 13.2 Å². The molecule has 1 heterocycles. The van der Waals surface area contributed by atoms with Gasteiger partial charge in [0.2, 0.25) is 0 Å². The van der Waals surface area contributed by atoms with Gasteiger partial charge in [-0.2, -0.15) is 0 Å². The molecule has 0 radical (unpaired) electrons. The molecule has 6 nitrogen and oxygen atoms in total. The number of hydrogen-bond acceptors (Lipinski definition) is 5. The van der Waals surface area contributed by atoms with E-state index in [4.69, 9.17) is 27.9 Å². The molecule has 0 atom stereocenters. The molecular weight excluding hydrogens is 411 g/mol. The summed E-state index contributed by atoms with van der Waals surface area (Å²) in [4.78, 5) is 3.62. The van der Waals surface area contributed by atoms with Gasteiger partial charge in [0.25, 0.3) is 10.0 Å². The third-order valence-corrected chi connectivity index (χ3v) is 5.61. The first kappa shape index (κ1) is 19.3. The fourth-order valence-electron chi connectivity index (χ4n) is 2.45. The second-order valence-electron chi connectivity index (χ2n) is 5.50. The van der Waals surface area contributed by atoms with E-state index in [-0.39, 0.29) is 15.7 Å². The fraction of sp³-hybridized carbons (Fsp3) is 0.0556. The van der Waals surface area contributed by atoms with Crippen LogP contribution in [0.1, 0.15) is 0 Å². The van der Waals surface area contributed by atoms with Crippen molar-refractivity contribution in [2.24, 2.45) is 0 Å². The largest absolute Gasteiger partial charge is 0.505 e. The predicted molar refractivity (Wildman–Crippen MR) is 105 cm³/mol. The Labute approximate surface area is 166 Å². The Hall–Kier alpha value is -2.48. The van der Waals surface area contributed by atoms with E-state index in [2.05, 4.69) is 9.71 Å². The van der Waals surface area contributed by atoms with E-state index < -0.39 is 20.7 Å². The monoisotopic (exact) mass is 424 g/mol. The number of phenolic OH excluding ortho intramolecular Hbond substituents is 1. The van der Waals surface area contributed by atoms with Crippen molar-refractivity contribution in [3.63, 3.8) is 0 Å². The van der Waals surface area contributed by atoms with Crippen LogP contribution in [0.4, 0.5) is 5.69 Å². The van der Waals surface area contributed by atoms with Crippen LogP contribution in [0.2, 0.25) is 10.0 Å². The number of benzene rings is 2. The minimum Gasteiger partial charge on any atom is -0.505 e. The number of phenols is 1. The summed E-state index contributed by atoms with van der Waals surface area (Å²) in [6.07, 6.45) is 3.30. The number of pyridine rings is 1. The molecule has 0 aliphatic heterocycles. The van der Waals surface area contributed by atoms with Gasteiger partial charge >= 0.3 is 0 Å². The average molecular weight is 425 g/mol. The number of rotatable bonds is 5. The summed E-state index contributed by atoms with van der Waals surface area (Å²) < 4.78 is 33.2. The molecule has 0 unspecified atom stereocenters. The number of halogens is 2. The molecule has 2 aromatic carbocycles. The maximum atomic E-state index is 12.8. The Kier molecular flexibility index (Phi) is 5.46. The van der Waals surface area contributed by atoms with Gasteiger partial charge in [0.15, 0.2) is 5.75 Å². The van der Waals surface area contributed by atoms with E-state index in [9.17, 15) is 13.5 Å². The maximum absolute atomic E-state index is 12.8. The van der Waals surface area contributed by atoms with Crippen LogP contribution < -0.4 is 9.46 Å². The van der Waals surface area contributed by atoms with Crippen LogP contribution in [-0.2, 0) is 10.0 Å². The topological polar surface area (TPSA) is 88.5 Å². The number of ether oxygens (including phenoxy) is 1. The molecule has 0 aliphatic rings. The lowest BCUT2D eigenvalue weighted by atomic mass is 10.1. The summed E-state index contributed by atoms with van der Waals surface area (Å²) in [6.45, 7) is 0. The number of anilines is 1. The van der Waals surface area contributed by atoms with Crippen LogP contribution >= 0.6 is 23.2 Å². The average Bonchev–Trinajstić information content (AvgIpc) is 2.65. The molecule has 3 rings (SSSR count). The third kappa shape index (κ3) is 4.10. The molecule has 0 bridgehead atoms. The van der Waals surface area contributed by atoms with Crippen molar-refractivity contribution >= 4 is 38.9 Å². The molecule has 1 aromatic heterocycles. The van der Waals surface area contributed by atoms with E-state index in [0.717, 1.165) is 17.2 Å². The number of nitrogens with one attached hydrogen (secondary N) is 1. The number of methoxy groups -OCH3 is 1. The molecule has 140 valence electrons. The predicted octanol–water partition coefficient (Wildman–Crippen LogP) is 4.57. The highest BCUT2D eigenvalue weighted by atomic mass is 35.5. The van der Waals surface area contributed by atoms with Gasteiger partial charge in [0, 0.05) is 23.0 Å². The van der Waals surface area contributed by atoms with Crippen molar-refractivity contribution in [3.8, 4) is 22.6 Å². The highest BCUT2D eigenvalue weighted by Crippen LogP contribution is 2.37. The molecule has 0 spiro atoms. The lowest BCUT2D eigenvalue weighted by Crippen LogP contribution is -2.14. The summed E-state index contributed by atoms with van der Waals surface area (Å²) in [5.41, 5.74) is 1.72. The Morgan fingerprint density at radius 1 is 1.11 bits per heavy atom. The van der Waals surface area contributed by atoms with Gasteiger partial charge < -0.3 is 9.84 Å². The number of sulfonamides is 1. The summed E-state index contributed by atoms with van der Waals surface area (Å²) in [5, 5.41) is 9.96. The lowest BCUT2D eigenvalue weighted by molar-refractivity contribution is 0.417. The van der Waals surface area contributed by atoms with E-state index in [0.29, 0.717) is 5.75 Å². The van der Waals surface area contributed by atoms with Crippen LogP contribution in [0.3, 0.4) is 0 Å². The van der Waals surface area contributed by atoms with E-state index in [1.54, 1.807) is 36.7 Å². The van der Waals surface area contributed by atoms with Crippen molar-refractivity contribution in [3.05, 3.63) is 64.9 Å². The second-order valence-corrected chi connectivity index (χ2v) is 7.99. The number of nitrogens with zero attached hydrogens (tertiary/aromatic N) is 1. The molecule has 0 amide bonds. The zero-order valence-electron chi connectivity index (χ0n) is 14.0. The Bertz CT molecular complexity index is 1090. The maximum Gasteiger partial charge on any atom is 0.265 e. The van der Waals surface area contributed by atoms with Crippen LogP contribution in [0.5, 0.6) is 11.5 Å². The molecule has 2 N–H and O–H groups in total. The molecule has 27 heavy (non-hydrogen) atoms. The van der Waals surface area contributed by atoms with Crippen LogP contribution in [0, 0.1) is 0 Å². The van der Waals surface area contributed by atoms with Crippen molar-refractivity contribution < 1.29 is 18.3 Å². The zero-order valence-corrected chi connectivity index (χ0v) is 16.3. The summed E-state index contributed by atoms with van der Waals surface area (Å²) in [6, 6.07) is 11.0. The molecule has 3 aromatic rings. The zero-order chi connectivity index (χ0) is 19.6. The van der Waals surface area contributed by atoms with Crippen molar-refractivity contribution in [1.82, 2.24) is 4.98 Å². The van der Waals surface area contributed by atoms with Crippen molar-refractivity contribution in [1.29, 1.82) is 0 Å². The van der Waals surface area contributed by atoms with Gasteiger partial charge in [-0.3, -0.25) is 9.71 Å². The Morgan fingerprint density at radius 2 is 1.89 bits per heavy atom. The van der Waals surface area contributed by atoms with Crippen molar-refractivity contribution in [2.45, 2.75) is 4.90 Å². The van der Waals surface area contributed by atoms with Crippen LogP contribution in [0.25, 0.3) is 11.1 Å². The molecule has 9 heteroatoms. The summed E-state index contributed by atoms with van der Waals surface area (Å²) in [5.74, 6) is -0.283. The molecule has 0 aliphatic carbocycles. The molecule has 0 saturated carbocycles. The third-order valence-electron chi connectivity index (χ3n) is 3.72. The minimum absolute atomic E-state index is 0.0780. The Balaban J connectivity index is 2.06. The molecule has 0 fully saturated rings. The van der Waals surface area contributed by atoms with Gasteiger partial charge in [-0.15, -0.1) is 0 Å². The Morgan fingerprint density at radius 3 is 2.56 bits per heavy atom. The van der Waals surface area contributed by atoms with Gasteiger partial charge in [0.1, 0.15) is 10.6 Å². The standard InChI is InChI=1S/C18H14Cl2N2O4S/c1-26-16-5-4-11(12-3-2-6-21-10-12)7-15(16)22-27(24,25)17-9-13(19)8-14(20)18(17)23/h2-10,22-23H,1H3. The van der Waals surface area contributed by atoms with E-state index >= 15 is 0 Å². The van der Waals surface area contributed by atoms with Crippen molar-refractivity contribution in [2.75, 3.05) is 11.8 Å². The van der Waals surface area contributed by atoms with E-state index in [1.807, 2.05) is 6.07 Å². The van der Waals surface area contributed by atoms with Gasteiger partial charge in [-0.25, -0.2) is 8.42 Å². The minimum atomic E-state index is -4.19. The molecular formula is C18H14Cl2N2O4S. The smallest absolute Gasteiger partial charge is 0.265 e. The van der Waals surface area contributed by atoms with Crippen LogP contribution in [-0.4, -0.2) is 25.6 Å². The number of hydrogen-bond donors (Lipinski definition) is 2. The van der Waals surface area contributed by atoms with Gasteiger partial charge in [0.05, 0.1) is 17.8 Å². The fourth-order valence-corrected chi connectivity index (χ4v) is 4.27. The van der Waals surface area contributed by atoms with Gasteiger partial charge in [-0.05, 0) is 35.9 Å². The van der Waals surface area contributed by atoms with Crippen LogP contribution in [0.15, 0.2) is 59.8 Å². The summed E-state index contributed by atoms with van der Waals surface area (Å²) in [7, 11) is -2.76. The quantitative estimate of drug-likeness (QED) is 0.625. The first-order valence-corrected chi connectivity index (χ1v) is 9.85. The number of aromatic nitrogens is 1. The lowest BCUT2D eigenvalue weighted by Gasteiger charge is -2.15. The SMILES string of the molecule is COc1ccc(-c2cccnc2)cc1NS(=O)(=O)c1cc(Cl)cc(Cl)c1O. The second kappa shape index (κ2) is 7.64. The summed E-state index contributed by atoms with van der Waals surface area (Å²) >= 11 is 11.7.